The molecule has 2 heterocycles. The quantitative estimate of drug-likeness (QED) is 0.313. The molecule has 2 aromatic heterocycles. The molecule has 4 rings (SSSR count). The molecule has 0 atom stereocenters. The molecule has 0 unspecified atom stereocenters. The number of thiophene rings is 1. The standard InChI is InChI=1S/C23H22FN3O4S2/c1-2-33(28,29)27-18-8-10-19(11-9-18)30-12-3-13-31-22-21-20(14-32-23(21)26-15-25-22)16-4-6-17(24)7-5-16/h4-11,14-15,27H,2-3,12-13H2,1H3. The molecule has 0 spiro atoms. The van der Waals surface area contributed by atoms with Crippen LogP contribution in [-0.2, 0) is 10.0 Å². The van der Waals surface area contributed by atoms with Crippen LogP contribution in [0, 0.1) is 5.82 Å². The first-order valence-electron chi connectivity index (χ1n) is 10.3. The molecule has 0 radical (unpaired) electrons. The lowest BCUT2D eigenvalue weighted by Gasteiger charge is -2.10. The van der Waals surface area contributed by atoms with Gasteiger partial charge >= 0.3 is 0 Å². The normalized spacial score (nSPS) is 11.5. The number of fused-ring (bicyclic) bond motifs is 1. The number of benzene rings is 2. The van der Waals surface area contributed by atoms with E-state index >= 15 is 0 Å². The molecule has 0 saturated heterocycles. The third-order valence-electron chi connectivity index (χ3n) is 4.79. The number of anilines is 1. The van der Waals surface area contributed by atoms with Gasteiger partial charge in [0.15, 0.2) is 0 Å². The van der Waals surface area contributed by atoms with Crippen LogP contribution in [0.5, 0.6) is 11.6 Å². The third-order valence-corrected chi connectivity index (χ3v) is 6.99. The number of nitrogens with one attached hydrogen (secondary N) is 1. The number of rotatable bonds is 10. The lowest BCUT2D eigenvalue weighted by atomic mass is 10.1. The van der Waals surface area contributed by atoms with Gasteiger partial charge in [-0.05, 0) is 48.9 Å². The van der Waals surface area contributed by atoms with Crippen molar-refractivity contribution >= 4 is 37.3 Å². The average molecular weight is 488 g/mol. The van der Waals surface area contributed by atoms with Gasteiger partial charge in [0.1, 0.15) is 22.7 Å². The molecular formula is C23H22FN3O4S2. The Kier molecular flexibility index (Phi) is 7.05. The summed E-state index contributed by atoms with van der Waals surface area (Å²) in [5.74, 6) is 0.840. The highest BCUT2D eigenvalue weighted by molar-refractivity contribution is 7.92. The Labute approximate surface area is 195 Å². The molecule has 33 heavy (non-hydrogen) atoms. The fourth-order valence-corrected chi connectivity index (χ4v) is 4.63. The summed E-state index contributed by atoms with van der Waals surface area (Å²) in [5, 5.41) is 2.77. The van der Waals surface area contributed by atoms with E-state index in [1.807, 2.05) is 5.38 Å². The van der Waals surface area contributed by atoms with Crippen molar-refractivity contribution in [2.45, 2.75) is 13.3 Å². The van der Waals surface area contributed by atoms with E-state index in [0.29, 0.717) is 37.0 Å². The Morgan fingerprint density at radius 3 is 2.45 bits per heavy atom. The van der Waals surface area contributed by atoms with Crippen LogP contribution in [0.3, 0.4) is 0 Å². The summed E-state index contributed by atoms with van der Waals surface area (Å²) in [7, 11) is -3.30. The second-order valence-electron chi connectivity index (χ2n) is 7.10. The topological polar surface area (TPSA) is 90.4 Å². The lowest BCUT2D eigenvalue weighted by molar-refractivity contribution is 0.244. The maximum atomic E-state index is 13.3. The summed E-state index contributed by atoms with van der Waals surface area (Å²) < 4.78 is 50.6. The molecule has 172 valence electrons. The zero-order valence-electron chi connectivity index (χ0n) is 17.8. The van der Waals surface area contributed by atoms with E-state index in [1.165, 1.54) is 29.8 Å². The van der Waals surface area contributed by atoms with Gasteiger partial charge in [0, 0.05) is 23.1 Å². The second kappa shape index (κ2) is 10.1. The predicted molar refractivity (Wildman–Crippen MR) is 128 cm³/mol. The molecule has 0 saturated carbocycles. The number of aromatic nitrogens is 2. The van der Waals surface area contributed by atoms with Crippen molar-refractivity contribution < 1.29 is 22.3 Å². The fraction of sp³-hybridized carbons (Fsp3) is 0.217. The van der Waals surface area contributed by atoms with E-state index in [9.17, 15) is 12.8 Å². The SMILES string of the molecule is CCS(=O)(=O)Nc1ccc(OCCCOc2ncnc3scc(-c4ccc(F)cc4)c23)cc1. The average Bonchev–Trinajstić information content (AvgIpc) is 3.25. The van der Waals surface area contributed by atoms with Gasteiger partial charge in [-0.2, -0.15) is 0 Å². The van der Waals surface area contributed by atoms with Crippen molar-refractivity contribution in [3.63, 3.8) is 0 Å². The molecule has 0 fully saturated rings. The Balaban J connectivity index is 1.33. The summed E-state index contributed by atoms with van der Waals surface area (Å²) in [6.07, 6.45) is 2.08. The lowest BCUT2D eigenvalue weighted by Crippen LogP contribution is -2.14. The number of hydrogen-bond acceptors (Lipinski definition) is 7. The number of nitrogens with zero attached hydrogens (tertiary/aromatic N) is 2. The Bertz CT molecular complexity index is 1320. The highest BCUT2D eigenvalue weighted by Crippen LogP contribution is 2.37. The summed E-state index contributed by atoms with van der Waals surface area (Å²) in [6, 6.07) is 13.0. The third kappa shape index (κ3) is 5.77. The summed E-state index contributed by atoms with van der Waals surface area (Å²) in [6.45, 7) is 2.39. The molecule has 2 aromatic carbocycles. The summed E-state index contributed by atoms with van der Waals surface area (Å²) in [5.41, 5.74) is 2.27. The largest absolute Gasteiger partial charge is 0.493 e. The second-order valence-corrected chi connectivity index (χ2v) is 9.96. The zero-order chi connectivity index (χ0) is 23.3. The number of ether oxygens (including phenoxy) is 2. The van der Waals surface area contributed by atoms with Crippen molar-refractivity contribution in [3.05, 3.63) is 66.1 Å². The molecule has 0 bridgehead atoms. The molecular weight excluding hydrogens is 465 g/mol. The van der Waals surface area contributed by atoms with Crippen molar-refractivity contribution in [2.24, 2.45) is 0 Å². The smallest absolute Gasteiger partial charge is 0.232 e. The summed E-state index contributed by atoms with van der Waals surface area (Å²) >= 11 is 1.48. The first kappa shape index (κ1) is 22.9. The van der Waals surface area contributed by atoms with Crippen molar-refractivity contribution in [2.75, 3.05) is 23.7 Å². The molecule has 10 heteroatoms. The van der Waals surface area contributed by atoms with Gasteiger partial charge in [-0.1, -0.05) is 12.1 Å². The Hall–Kier alpha value is -3.24. The van der Waals surface area contributed by atoms with E-state index in [1.54, 1.807) is 43.3 Å². The highest BCUT2D eigenvalue weighted by Gasteiger charge is 2.14. The van der Waals surface area contributed by atoms with E-state index in [2.05, 4.69) is 14.7 Å². The molecule has 0 aliphatic carbocycles. The molecule has 0 aliphatic rings. The zero-order valence-corrected chi connectivity index (χ0v) is 19.5. The van der Waals surface area contributed by atoms with E-state index in [0.717, 1.165) is 21.3 Å². The first-order valence-corrected chi connectivity index (χ1v) is 12.8. The minimum Gasteiger partial charge on any atom is -0.493 e. The minimum atomic E-state index is -3.30. The van der Waals surface area contributed by atoms with Gasteiger partial charge in [-0.25, -0.2) is 22.8 Å². The Morgan fingerprint density at radius 2 is 1.73 bits per heavy atom. The molecule has 1 N–H and O–H groups in total. The van der Waals surface area contributed by atoms with Crippen LogP contribution in [0.25, 0.3) is 21.3 Å². The van der Waals surface area contributed by atoms with Crippen LogP contribution < -0.4 is 14.2 Å². The van der Waals surface area contributed by atoms with Gasteiger partial charge in [0.2, 0.25) is 15.9 Å². The van der Waals surface area contributed by atoms with Gasteiger partial charge in [0.25, 0.3) is 0 Å². The van der Waals surface area contributed by atoms with E-state index in [-0.39, 0.29) is 11.6 Å². The van der Waals surface area contributed by atoms with E-state index in [4.69, 9.17) is 9.47 Å². The highest BCUT2D eigenvalue weighted by atomic mass is 32.2. The van der Waals surface area contributed by atoms with E-state index < -0.39 is 10.0 Å². The van der Waals surface area contributed by atoms with Crippen LogP contribution in [0.4, 0.5) is 10.1 Å². The van der Waals surface area contributed by atoms with Crippen LogP contribution >= 0.6 is 11.3 Å². The molecule has 0 amide bonds. The van der Waals surface area contributed by atoms with Gasteiger partial charge in [-0.3, -0.25) is 4.72 Å². The minimum absolute atomic E-state index is 0.0145. The number of halogens is 1. The van der Waals surface area contributed by atoms with Crippen molar-refractivity contribution in [1.82, 2.24) is 9.97 Å². The predicted octanol–water partition coefficient (Wildman–Crippen LogP) is 5.11. The van der Waals surface area contributed by atoms with Crippen molar-refractivity contribution in [3.8, 4) is 22.8 Å². The maximum absolute atomic E-state index is 13.3. The van der Waals surface area contributed by atoms with Crippen LogP contribution in [0.2, 0.25) is 0 Å². The fourth-order valence-electron chi connectivity index (χ4n) is 3.09. The van der Waals surface area contributed by atoms with Crippen LogP contribution in [0.15, 0.2) is 60.2 Å². The number of sulfonamides is 1. The van der Waals surface area contributed by atoms with Crippen molar-refractivity contribution in [1.29, 1.82) is 0 Å². The van der Waals surface area contributed by atoms with Crippen LogP contribution in [0.1, 0.15) is 13.3 Å². The van der Waals surface area contributed by atoms with Gasteiger partial charge < -0.3 is 9.47 Å². The van der Waals surface area contributed by atoms with Crippen LogP contribution in [-0.4, -0.2) is 37.4 Å². The monoisotopic (exact) mass is 487 g/mol. The number of hydrogen-bond donors (Lipinski definition) is 1. The maximum Gasteiger partial charge on any atom is 0.232 e. The Morgan fingerprint density at radius 1 is 1.00 bits per heavy atom. The first-order chi connectivity index (χ1) is 15.9. The molecule has 7 nitrogen and oxygen atoms in total. The molecule has 4 aromatic rings. The van der Waals surface area contributed by atoms with Gasteiger partial charge in [-0.15, -0.1) is 11.3 Å². The summed E-state index contributed by atoms with van der Waals surface area (Å²) in [4.78, 5) is 9.40. The molecule has 0 aliphatic heterocycles. The van der Waals surface area contributed by atoms with Gasteiger partial charge in [0.05, 0.1) is 24.4 Å².